The van der Waals surface area contributed by atoms with Crippen LogP contribution in [0.15, 0.2) is 41.0 Å². The van der Waals surface area contributed by atoms with Crippen molar-refractivity contribution in [3.63, 3.8) is 0 Å². The van der Waals surface area contributed by atoms with Gasteiger partial charge in [-0.15, -0.1) is 0 Å². The Labute approximate surface area is 148 Å². The lowest BCUT2D eigenvalue weighted by Gasteiger charge is -2.07. The standard InChI is InChI=1S/C17H16BrN5O/c1-10-8-11(2)23(22-10)16-7-4-13(9-19-16)17(24)21-15-6-5-14(18)12(3)20-15/h4-9H,1-3H3,(H,20,21,24). The van der Waals surface area contributed by atoms with Gasteiger partial charge in [-0.2, -0.15) is 5.10 Å². The monoisotopic (exact) mass is 385 g/mol. The third-order valence-corrected chi connectivity index (χ3v) is 4.34. The van der Waals surface area contributed by atoms with E-state index in [4.69, 9.17) is 0 Å². The van der Waals surface area contributed by atoms with Crippen LogP contribution < -0.4 is 5.32 Å². The minimum absolute atomic E-state index is 0.253. The SMILES string of the molecule is Cc1cc(C)n(-c2ccc(C(=O)Nc3ccc(Br)c(C)n3)cn2)n1. The van der Waals surface area contributed by atoms with Gasteiger partial charge >= 0.3 is 0 Å². The molecule has 6 nitrogen and oxygen atoms in total. The molecule has 3 rings (SSSR count). The summed E-state index contributed by atoms with van der Waals surface area (Å²) in [5.41, 5.74) is 3.19. The lowest BCUT2D eigenvalue weighted by Crippen LogP contribution is -2.14. The Morgan fingerprint density at radius 3 is 2.54 bits per heavy atom. The molecule has 3 aromatic heterocycles. The van der Waals surface area contributed by atoms with E-state index >= 15 is 0 Å². The van der Waals surface area contributed by atoms with Crippen LogP contribution in [0.4, 0.5) is 5.82 Å². The maximum atomic E-state index is 12.3. The molecule has 0 aliphatic carbocycles. The lowest BCUT2D eigenvalue weighted by molar-refractivity contribution is 0.102. The first-order valence-electron chi connectivity index (χ1n) is 7.38. The molecule has 7 heteroatoms. The molecule has 3 heterocycles. The Balaban J connectivity index is 1.78. The van der Waals surface area contributed by atoms with Crippen LogP contribution in [0, 0.1) is 20.8 Å². The molecule has 1 N–H and O–H groups in total. The fraction of sp³-hybridized carbons (Fsp3) is 0.176. The van der Waals surface area contributed by atoms with Gasteiger partial charge in [-0.25, -0.2) is 14.6 Å². The van der Waals surface area contributed by atoms with E-state index < -0.39 is 0 Å². The number of aryl methyl sites for hydroxylation is 3. The molecule has 0 aliphatic rings. The fourth-order valence-electron chi connectivity index (χ4n) is 2.31. The van der Waals surface area contributed by atoms with Crippen LogP contribution in [0.2, 0.25) is 0 Å². The van der Waals surface area contributed by atoms with E-state index in [0.717, 1.165) is 21.6 Å². The number of aromatic nitrogens is 4. The van der Waals surface area contributed by atoms with Crippen LogP contribution in [0.25, 0.3) is 5.82 Å². The van der Waals surface area contributed by atoms with Gasteiger partial charge in [-0.1, -0.05) is 0 Å². The van der Waals surface area contributed by atoms with Gasteiger partial charge in [-0.05, 0) is 67.0 Å². The van der Waals surface area contributed by atoms with Gasteiger partial charge in [0.25, 0.3) is 5.91 Å². The van der Waals surface area contributed by atoms with Gasteiger partial charge in [0.1, 0.15) is 5.82 Å². The largest absolute Gasteiger partial charge is 0.307 e. The number of nitrogens with zero attached hydrogens (tertiary/aromatic N) is 4. The topological polar surface area (TPSA) is 72.7 Å². The third-order valence-electron chi connectivity index (χ3n) is 3.50. The number of amides is 1. The Morgan fingerprint density at radius 1 is 1.17 bits per heavy atom. The van der Waals surface area contributed by atoms with Gasteiger partial charge < -0.3 is 5.32 Å². The van der Waals surface area contributed by atoms with Crippen molar-refractivity contribution >= 4 is 27.7 Å². The average molecular weight is 386 g/mol. The van der Waals surface area contributed by atoms with Crippen LogP contribution >= 0.6 is 15.9 Å². The molecule has 0 atom stereocenters. The number of pyridine rings is 2. The summed E-state index contributed by atoms with van der Waals surface area (Å²) in [5, 5.41) is 7.15. The highest BCUT2D eigenvalue weighted by Crippen LogP contribution is 2.17. The van der Waals surface area contributed by atoms with Gasteiger partial charge in [0.15, 0.2) is 5.82 Å². The number of carbonyl (C=O) groups is 1. The van der Waals surface area contributed by atoms with Crippen molar-refractivity contribution in [1.82, 2.24) is 19.7 Å². The zero-order valence-electron chi connectivity index (χ0n) is 13.5. The fourth-order valence-corrected chi connectivity index (χ4v) is 2.53. The van der Waals surface area contributed by atoms with Crippen LogP contribution in [-0.4, -0.2) is 25.7 Å². The molecule has 1 amide bonds. The van der Waals surface area contributed by atoms with E-state index in [2.05, 4.69) is 36.3 Å². The summed E-state index contributed by atoms with van der Waals surface area (Å²) in [5.74, 6) is 0.926. The van der Waals surface area contributed by atoms with Crippen LogP contribution in [0.3, 0.4) is 0 Å². The second-order valence-electron chi connectivity index (χ2n) is 5.46. The molecule has 0 spiro atoms. The predicted molar refractivity (Wildman–Crippen MR) is 95.5 cm³/mol. The molecular weight excluding hydrogens is 370 g/mol. The van der Waals surface area contributed by atoms with E-state index in [-0.39, 0.29) is 5.91 Å². The molecule has 0 fully saturated rings. The van der Waals surface area contributed by atoms with E-state index in [1.807, 2.05) is 32.9 Å². The zero-order valence-corrected chi connectivity index (χ0v) is 15.1. The molecule has 0 aliphatic heterocycles. The van der Waals surface area contributed by atoms with Crippen LogP contribution in [0.1, 0.15) is 27.4 Å². The van der Waals surface area contributed by atoms with Crippen molar-refractivity contribution in [2.75, 3.05) is 5.32 Å². The minimum atomic E-state index is -0.253. The zero-order chi connectivity index (χ0) is 17.3. The van der Waals surface area contributed by atoms with Gasteiger partial charge in [-0.3, -0.25) is 4.79 Å². The molecule has 3 aromatic rings. The van der Waals surface area contributed by atoms with Crippen LogP contribution in [0.5, 0.6) is 0 Å². The predicted octanol–water partition coefficient (Wildman–Crippen LogP) is 3.60. The maximum Gasteiger partial charge on any atom is 0.258 e. The smallest absolute Gasteiger partial charge is 0.258 e. The molecule has 0 aromatic carbocycles. The summed E-state index contributed by atoms with van der Waals surface area (Å²) in [6.45, 7) is 5.76. The van der Waals surface area contributed by atoms with E-state index in [9.17, 15) is 4.79 Å². The van der Waals surface area contributed by atoms with E-state index in [1.165, 1.54) is 6.20 Å². The van der Waals surface area contributed by atoms with Crippen molar-refractivity contribution in [2.45, 2.75) is 20.8 Å². The van der Waals surface area contributed by atoms with Crippen LogP contribution in [-0.2, 0) is 0 Å². The highest BCUT2D eigenvalue weighted by Gasteiger charge is 2.10. The van der Waals surface area contributed by atoms with Crippen molar-refractivity contribution < 1.29 is 4.79 Å². The maximum absolute atomic E-state index is 12.3. The van der Waals surface area contributed by atoms with Crippen molar-refractivity contribution in [1.29, 1.82) is 0 Å². The highest BCUT2D eigenvalue weighted by atomic mass is 79.9. The first-order valence-corrected chi connectivity index (χ1v) is 8.17. The summed E-state index contributed by atoms with van der Waals surface area (Å²) in [4.78, 5) is 20.9. The summed E-state index contributed by atoms with van der Waals surface area (Å²) in [6, 6.07) is 9.06. The quantitative estimate of drug-likeness (QED) is 0.747. The second kappa shape index (κ2) is 6.52. The summed E-state index contributed by atoms with van der Waals surface area (Å²) < 4.78 is 2.65. The van der Waals surface area contributed by atoms with Gasteiger partial charge in [0.2, 0.25) is 0 Å². The first kappa shape index (κ1) is 16.3. The average Bonchev–Trinajstić information content (AvgIpc) is 2.89. The minimum Gasteiger partial charge on any atom is -0.307 e. The Morgan fingerprint density at radius 2 is 1.96 bits per heavy atom. The number of rotatable bonds is 3. The molecule has 0 saturated heterocycles. The third kappa shape index (κ3) is 3.35. The molecule has 0 radical (unpaired) electrons. The number of hydrogen-bond acceptors (Lipinski definition) is 4. The molecule has 122 valence electrons. The molecule has 24 heavy (non-hydrogen) atoms. The van der Waals surface area contributed by atoms with Gasteiger partial charge in [0.05, 0.1) is 17.0 Å². The summed E-state index contributed by atoms with van der Waals surface area (Å²) in [6.07, 6.45) is 1.53. The number of nitrogens with one attached hydrogen (secondary N) is 1. The number of carbonyl (C=O) groups excluding carboxylic acids is 1. The molecule has 0 saturated carbocycles. The normalized spacial score (nSPS) is 10.7. The molecule has 0 bridgehead atoms. The highest BCUT2D eigenvalue weighted by molar-refractivity contribution is 9.10. The number of halogens is 1. The number of hydrogen-bond donors (Lipinski definition) is 1. The first-order chi connectivity index (χ1) is 11.4. The molecular formula is C17H16BrN5O. The second-order valence-corrected chi connectivity index (χ2v) is 6.32. The summed E-state index contributed by atoms with van der Waals surface area (Å²) in [7, 11) is 0. The van der Waals surface area contributed by atoms with Crippen molar-refractivity contribution in [2.24, 2.45) is 0 Å². The Kier molecular flexibility index (Phi) is 4.44. The number of anilines is 1. The van der Waals surface area contributed by atoms with Gasteiger partial charge in [0, 0.05) is 16.4 Å². The Hall–Kier alpha value is -2.54. The van der Waals surface area contributed by atoms with Crippen molar-refractivity contribution in [3.05, 3.63) is 63.6 Å². The Bertz CT molecular complexity index is 902. The van der Waals surface area contributed by atoms with E-state index in [0.29, 0.717) is 17.2 Å². The molecule has 0 unspecified atom stereocenters. The summed E-state index contributed by atoms with van der Waals surface area (Å²) >= 11 is 3.38. The lowest BCUT2D eigenvalue weighted by atomic mass is 10.2. The van der Waals surface area contributed by atoms with E-state index in [1.54, 1.807) is 22.9 Å². The van der Waals surface area contributed by atoms with Crippen molar-refractivity contribution in [3.8, 4) is 5.82 Å².